The maximum Gasteiger partial charge on any atom is 0.271 e. The second-order valence-electron chi connectivity index (χ2n) is 6.67. The van der Waals surface area contributed by atoms with Gasteiger partial charge in [0.2, 0.25) is 5.91 Å². The fourth-order valence-electron chi connectivity index (χ4n) is 3.08. The van der Waals surface area contributed by atoms with Gasteiger partial charge in [-0.1, -0.05) is 75.6 Å². The summed E-state index contributed by atoms with van der Waals surface area (Å²) in [4.78, 5) is 26.8. The summed E-state index contributed by atoms with van der Waals surface area (Å²) in [7, 11) is 0. The number of benzene rings is 1. The van der Waals surface area contributed by atoms with E-state index in [9.17, 15) is 9.59 Å². The van der Waals surface area contributed by atoms with Crippen LogP contribution in [0, 0.1) is 12.8 Å². The molecule has 28 heavy (non-hydrogen) atoms. The first-order valence-corrected chi connectivity index (χ1v) is 8.90. The van der Waals surface area contributed by atoms with E-state index in [1.54, 1.807) is 25.2 Å². The van der Waals surface area contributed by atoms with Crippen LogP contribution in [0.2, 0.25) is 0 Å². The van der Waals surface area contributed by atoms with Gasteiger partial charge in [0.1, 0.15) is 0 Å². The minimum atomic E-state index is -0.660. The average molecular weight is 415 g/mol. The van der Waals surface area contributed by atoms with Crippen LogP contribution in [0.4, 0.5) is 0 Å². The Kier molecular flexibility index (Phi) is 8.61. The van der Waals surface area contributed by atoms with Crippen LogP contribution < -0.4 is 0 Å². The largest absolute Gasteiger partial charge is 0.461 e. The van der Waals surface area contributed by atoms with E-state index in [2.05, 4.69) is 20.1 Å². The van der Waals surface area contributed by atoms with E-state index in [-0.39, 0.29) is 42.1 Å². The van der Waals surface area contributed by atoms with Gasteiger partial charge >= 0.3 is 0 Å². The van der Waals surface area contributed by atoms with E-state index in [1.807, 2.05) is 44.2 Å². The molecule has 1 amide bonds. The van der Waals surface area contributed by atoms with Gasteiger partial charge in [0.05, 0.1) is 5.92 Å². The summed E-state index contributed by atoms with van der Waals surface area (Å²) in [6.07, 6.45) is 4.34. The van der Waals surface area contributed by atoms with Crippen molar-refractivity contribution < 1.29 is 32.9 Å². The van der Waals surface area contributed by atoms with Crippen molar-refractivity contribution in [3.8, 4) is 0 Å². The Labute approximate surface area is 179 Å². The summed E-state index contributed by atoms with van der Waals surface area (Å²) in [6, 6.07) is 9.31. The van der Waals surface area contributed by atoms with E-state index in [0.29, 0.717) is 11.1 Å². The number of rotatable bonds is 7. The zero-order valence-corrected chi connectivity index (χ0v) is 18.0. The van der Waals surface area contributed by atoms with Gasteiger partial charge in [-0.25, -0.2) is 6.92 Å². The molecule has 1 aliphatic heterocycles. The molecular weight excluding hydrogens is 389 g/mol. The molecule has 1 heterocycles. The molecule has 1 aromatic rings. The third-order valence-corrected chi connectivity index (χ3v) is 4.77. The Morgan fingerprint density at radius 1 is 1.25 bits per heavy atom. The van der Waals surface area contributed by atoms with Crippen LogP contribution in [0.3, 0.4) is 0 Å². The van der Waals surface area contributed by atoms with Gasteiger partial charge in [-0.15, -0.1) is 0 Å². The van der Waals surface area contributed by atoms with Gasteiger partial charge in [-0.05, 0) is 23.8 Å². The number of carbonyl (C=O) groups is 2. The van der Waals surface area contributed by atoms with E-state index < -0.39 is 12.1 Å². The molecule has 1 radical (unpaired) electrons. The minimum Gasteiger partial charge on any atom is -0.461 e. The Morgan fingerprint density at radius 2 is 1.86 bits per heavy atom. The fraction of sp³-hybridized carbons (Fsp3) is 0.261. The predicted molar refractivity (Wildman–Crippen MR) is 107 cm³/mol. The second kappa shape index (κ2) is 10.2. The zero-order chi connectivity index (χ0) is 20.1. The van der Waals surface area contributed by atoms with Crippen molar-refractivity contribution in [3.63, 3.8) is 0 Å². The molecule has 0 bridgehead atoms. The molecule has 1 unspecified atom stereocenters. The fourth-order valence-corrected chi connectivity index (χ4v) is 3.08. The molecule has 0 N–H and O–H groups in total. The number of β-lactam (4-membered cyclic amide) rings is 1. The minimum absolute atomic E-state index is 0. The summed E-state index contributed by atoms with van der Waals surface area (Å²) in [5.74, 6) is -0.805. The molecule has 1 saturated heterocycles. The van der Waals surface area contributed by atoms with Crippen LogP contribution in [0.25, 0.3) is 0 Å². The van der Waals surface area contributed by atoms with Gasteiger partial charge in [0, 0.05) is 24.6 Å². The quantitative estimate of drug-likeness (QED) is 0.216. The first-order valence-electron chi connectivity index (χ1n) is 8.90. The molecule has 1 aliphatic rings. The maximum absolute atomic E-state index is 13.0. The SMILES string of the molecule is C=C/C=C(\C=C)C(OC(=O)/C(=C(/[CH2-])C)N1C(=O)[C@@H](C)[C@H]1C)c1ccccc1.[V]. The Hall–Kier alpha value is -2.43. The molecule has 0 saturated carbocycles. The third-order valence-electron chi connectivity index (χ3n) is 4.77. The first kappa shape index (κ1) is 23.6. The van der Waals surface area contributed by atoms with Crippen molar-refractivity contribution in [3.05, 3.63) is 91.0 Å². The number of likely N-dealkylation sites (tertiary alicyclic amines) is 1. The van der Waals surface area contributed by atoms with Crippen molar-refractivity contribution in [1.29, 1.82) is 0 Å². The molecule has 4 nitrogen and oxygen atoms in total. The molecule has 5 heteroatoms. The van der Waals surface area contributed by atoms with E-state index in [1.165, 1.54) is 4.90 Å². The predicted octanol–water partition coefficient (Wildman–Crippen LogP) is 4.54. The van der Waals surface area contributed by atoms with Crippen LogP contribution in [0.5, 0.6) is 0 Å². The summed E-state index contributed by atoms with van der Waals surface area (Å²) in [5.41, 5.74) is 2.19. The van der Waals surface area contributed by atoms with E-state index in [0.717, 1.165) is 5.56 Å². The first-order chi connectivity index (χ1) is 12.8. The number of nitrogens with zero attached hydrogens (tertiary/aromatic N) is 1. The van der Waals surface area contributed by atoms with Crippen molar-refractivity contribution in [2.24, 2.45) is 5.92 Å². The number of hydrogen-bond acceptors (Lipinski definition) is 3. The molecule has 1 aromatic carbocycles. The molecule has 2 rings (SSSR count). The van der Waals surface area contributed by atoms with Gasteiger partial charge < -0.3 is 9.64 Å². The number of carbonyl (C=O) groups excluding carboxylic acids is 2. The number of allylic oxidation sites excluding steroid dienone is 3. The van der Waals surface area contributed by atoms with E-state index in [4.69, 9.17) is 4.74 Å². The molecule has 147 valence electrons. The summed E-state index contributed by atoms with van der Waals surface area (Å²) >= 11 is 0. The third kappa shape index (κ3) is 4.70. The summed E-state index contributed by atoms with van der Waals surface area (Å²) < 4.78 is 5.84. The van der Waals surface area contributed by atoms with Crippen LogP contribution in [0.1, 0.15) is 32.4 Å². The topological polar surface area (TPSA) is 46.6 Å². The number of ether oxygens (including phenoxy) is 1. The van der Waals surface area contributed by atoms with E-state index >= 15 is 0 Å². The number of hydrogen-bond donors (Lipinski definition) is 0. The standard InChI is InChI=1S/C23H26NO3.V/c1-7-12-18(8-2)21(19-13-10-9-11-14-19)27-23(26)20(15(3)4)24-17(6)16(5)22(24)25;/h7-14,16-17,21H,1-3H2,4-6H3;/q-1;/b18-12+,20-15+;/t16-,17+,21?;/m0./s1. The normalized spacial score (nSPS) is 20.9. The monoisotopic (exact) mass is 415 g/mol. The van der Waals surface area contributed by atoms with Gasteiger partial charge in [0.25, 0.3) is 5.97 Å². The molecule has 3 atom stereocenters. The van der Waals surface area contributed by atoms with Crippen molar-refractivity contribution in [1.82, 2.24) is 4.90 Å². The molecular formula is C23H26NO3V-. The second-order valence-corrected chi connectivity index (χ2v) is 6.67. The molecule has 1 fully saturated rings. The van der Waals surface area contributed by atoms with Crippen LogP contribution in [0.15, 0.2) is 78.6 Å². The van der Waals surface area contributed by atoms with Crippen LogP contribution >= 0.6 is 0 Å². The molecule has 0 aliphatic carbocycles. The van der Waals surface area contributed by atoms with Crippen molar-refractivity contribution in [2.75, 3.05) is 0 Å². The number of amides is 1. The summed E-state index contributed by atoms with van der Waals surface area (Å²) in [5, 5.41) is 0. The zero-order valence-electron chi connectivity index (χ0n) is 16.6. The average Bonchev–Trinajstić information content (AvgIpc) is 2.67. The molecule has 0 spiro atoms. The Bertz CT molecular complexity index is 806. The smallest absolute Gasteiger partial charge is 0.271 e. The van der Waals surface area contributed by atoms with Gasteiger partial charge in [0.15, 0.2) is 6.10 Å². The van der Waals surface area contributed by atoms with Crippen LogP contribution in [-0.4, -0.2) is 22.8 Å². The van der Waals surface area contributed by atoms with Gasteiger partial charge in [-0.3, -0.25) is 9.59 Å². The summed E-state index contributed by atoms with van der Waals surface area (Å²) in [6.45, 7) is 16.8. The molecule has 0 aromatic heterocycles. The van der Waals surface area contributed by atoms with Crippen molar-refractivity contribution >= 4 is 11.9 Å². The Balaban J connectivity index is 0.00000392. The van der Waals surface area contributed by atoms with Crippen LogP contribution in [-0.2, 0) is 32.9 Å². The van der Waals surface area contributed by atoms with Crippen molar-refractivity contribution in [2.45, 2.75) is 32.9 Å². The number of esters is 1. The van der Waals surface area contributed by atoms with Gasteiger partial charge in [-0.2, -0.15) is 5.57 Å². The Morgan fingerprint density at radius 3 is 2.32 bits per heavy atom. The maximum atomic E-state index is 13.0.